The third kappa shape index (κ3) is 3.94. The van der Waals surface area contributed by atoms with Crippen molar-refractivity contribution in [2.24, 2.45) is 5.92 Å². The molecule has 1 aromatic heterocycles. The Labute approximate surface area is 188 Å². The van der Waals surface area contributed by atoms with E-state index in [1.54, 1.807) is 22.8 Å². The van der Waals surface area contributed by atoms with E-state index in [4.69, 9.17) is 0 Å². The molecule has 1 fully saturated rings. The molecule has 2 aromatic carbocycles. The van der Waals surface area contributed by atoms with Crippen LogP contribution in [-0.2, 0) is 22.8 Å². The number of halogens is 1. The molecule has 0 saturated carbocycles. The number of hydrogen-bond donors (Lipinski definition) is 0. The number of hydrogen-bond acceptors (Lipinski definition) is 4. The van der Waals surface area contributed by atoms with Gasteiger partial charge in [-0.1, -0.05) is 26.0 Å². The molecule has 32 heavy (non-hydrogen) atoms. The molecule has 0 N–H and O–H groups in total. The lowest BCUT2D eigenvalue weighted by Crippen LogP contribution is -2.33. The molecular formula is C25H29FN2O3S. The van der Waals surface area contributed by atoms with Gasteiger partial charge in [-0.3, -0.25) is 4.79 Å². The van der Waals surface area contributed by atoms with Gasteiger partial charge in [-0.05, 0) is 61.9 Å². The zero-order chi connectivity index (χ0) is 23.0. The first kappa shape index (κ1) is 22.5. The van der Waals surface area contributed by atoms with Crippen molar-refractivity contribution in [3.63, 3.8) is 0 Å². The van der Waals surface area contributed by atoms with Crippen molar-refractivity contribution in [2.75, 3.05) is 18.0 Å². The second-order valence-corrected chi connectivity index (χ2v) is 10.5. The minimum Gasteiger partial charge on any atom is -0.369 e. The van der Waals surface area contributed by atoms with Crippen LogP contribution in [0.4, 0.5) is 10.1 Å². The van der Waals surface area contributed by atoms with Crippen LogP contribution in [0.5, 0.6) is 0 Å². The van der Waals surface area contributed by atoms with Crippen LogP contribution >= 0.6 is 0 Å². The van der Waals surface area contributed by atoms with E-state index in [9.17, 15) is 13.2 Å². The molecule has 1 aliphatic heterocycles. The highest BCUT2D eigenvalue weighted by Gasteiger charge is 2.26. The van der Waals surface area contributed by atoms with E-state index in [2.05, 4.69) is 6.92 Å². The van der Waals surface area contributed by atoms with Crippen LogP contribution in [-0.4, -0.2) is 26.1 Å². The van der Waals surface area contributed by atoms with E-state index in [0.717, 1.165) is 37.9 Å². The average Bonchev–Trinajstić information content (AvgIpc) is 2.80. The van der Waals surface area contributed by atoms with Crippen molar-refractivity contribution in [3.8, 4) is 0 Å². The van der Waals surface area contributed by atoms with Crippen LogP contribution in [0.2, 0.25) is 0 Å². The summed E-state index contributed by atoms with van der Waals surface area (Å²) in [5, 5.41) is 0.0877. The Morgan fingerprint density at radius 3 is 2.31 bits per heavy atom. The predicted octanol–water partition coefficient (Wildman–Crippen LogP) is 4.79. The zero-order valence-electron chi connectivity index (χ0n) is 18.8. The summed E-state index contributed by atoms with van der Waals surface area (Å²) in [4.78, 5) is 15.0. The quantitative estimate of drug-likeness (QED) is 0.554. The first-order valence-electron chi connectivity index (χ1n) is 11.2. The molecule has 1 saturated heterocycles. The Morgan fingerprint density at radius 2 is 1.72 bits per heavy atom. The van der Waals surface area contributed by atoms with E-state index in [1.165, 1.54) is 24.4 Å². The Hall–Kier alpha value is -2.67. The average molecular weight is 457 g/mol. The van der Waals surface area contributed by atoms with Crippen molar-refractivity contribution in [2.45, 2.75) is 56.4 Å². The highest BCUT2D eigenvalue weighted by Crippen LogP contribution is 2.30. The predicted molar refractivity (Wildman–Crippen MR) is 126 cm³/mol. The molecule has 0 bridgehead atoms. The molecule has 0 unspecified atom stereocenters. The fourth-order valence-electron chi connectivity index (χ4n) is 4.35. The molecule has 0 atom stereocenters. The summed E-state index contributed by atoms with van der Waals surface area (Å²) < 4.78 is 43.4. The van der Waals surface area contributed by atoms with Crippen molar-refractivity contribution in [1.82, 2.24) is 4.57 Å². The van der Waals surface area contributed by atoms with Crippen LogP contribution in [0.15, 0.2) is 57.2 Å². The number of aryl methyl sites for hydroxylation is 2. The third-order valence-corrected chi connectivity index (χ3v) is 8.28. The van der Waals surface area contributed by atoms with Gasteiger partial charge in [-0.15, -0.1) is 0 Å². The van der Waals surface area contributed by atoms with Gasteiger partial charge in [0.25, 0.3) is 0 Å². The number of aromatic nitrogens is 1. The van der Waals surface area contributed by atoms with Gasteiger partial charge in [0.2, 0.25) is 15.3 Å². The number of rotatable bonds is 5. The molecule has 7 heteroatoms. The summed E-state index contributed by atoms with van der Waals surface area (Å²) in [5.74, 6) is 0.122. The summed E-state index contributed by atoms with van der Waals surface area (Å²) in [6.45, 7) is 8.04. The van der Waals surface area contributed by atoms with E-state index < -0.39 is 21.1 Å². The minimum absolute atomic E-state index is 0.0633. The molecular weight excluding hydrogens is 427 g/mol. The number of fused-ring (bicyclic) bond motifs is 1. The van der Waals surface area contributed by atoms with Crippen LogP contribution in [0.1, 0.15) is 39.2 Å². The van der Waals surface area contributed by atoms with Gasteiger partial charge in [0.05, 0.1) is 21.5 Å². The van der Waals surface area contributed by atoms with E-state index in [0.29, 0.717) is 23.7 Å². The van der Waals surface area contributed by atoms with Crippen molar-refractivity contribution >= 4 is 26.4 Å². The molecule has 0 radical (unpaired) electrons. The lowest BCUT2D eigenvalue weighted by molar-refractivity contribution is 0.434. The lowest BCUT2D eigenvalue weighted by Gasteiger charge is -2.32. The summed E-state index contributed by atoms with van der Waals surface area (Å²) >= 11 is 0. The van der Waals surface area contributed by atoms with Gasteiger partial charge in [0, 0.05) is 25.8 Å². The Kier molecular flexibility index (Phi) is 6.12. The van der Waals surface area contributed by atoms with Gasteiger partial charge < -0.3 is 9.47 Å². The fourth-order valence-corrected chi connectivity index (χ4v) is 5.72. The smallest absolute Gasteiger partial charge is 0.211 e. The molecule has 1 aliphatic rings. The highest BCUT2D eigenvalue weighted by atomic mass is 32.2. The van der Waals surface area contributed by atoms with E-state index in [1.807, 2.05) is 18.7 Å². The summed E-state index contributed by atoms with van der Waals surface area (Å²) in [5.41, 5.74) is 1.36. The maximum absolute atomic E-state index is 15.1. The first-order chi connectivity index (χ1) is 15.3. The van der Waals surface area contributed by atoms with Gasteiger partial charge in [0.1, 0.15) is 10.7 Å². The fraction of sp³-hybridized carbons (Fsp3) is 0.400. The highest BCUT2D eigenvalue weighted by molar-refractivity contribution is 7.91. The molecule has 0 aliphatic carbocycles. The van der Waals surface area contributed by atoms with Gasteiger partial charge >= 0.3 is 0 Å². The molecule has 0 amide bonds. The summed E-state index contributed by atoms with van der Waals surface area (Å²) in [7, 11) is -4.03. The molecule has 3 aromatic rings. The lowest BCUT2D eigenvalue weighted by atomic mass is 9.98. The topological polar surface area (TPSA) is 59.4 Å². The number of piperidine rings is 1. The van der Waals surface area contributed by atoms with Crippen molar-refractivity contribution in [3.05, 3.63) is 64.2 Å². The van der Waals surface area contributed by atoms with Gasteiger partial charge in [-0.25, -0.2) is 12.8 Å². The van der Waals surface area contributed by atoms with Gasteiger partial charge in [-0.2, -0.15) is 0 Å². The SMILES string of the molecule is CCc1ccc(S(=O)(=O)c2cn(CC)c3cc(N4CCC(C)CC4)c(F)cc3c2=O)cc1. The van der Waals surface area contributed by atoms with E-state index >= 15 is 4.39 Å². The Bertz CT molecular complexity index is 1310. The monoisotopic (exact) mass is 456 g/mol. The van der Waals surface area contributed by atoms with Crippen LogP contribution in [0, 0.1) is 11.7 Å². The molecule has 2 heterocycles. The number of benzene rings is 2. The summed E-state index contributed by atoms with van der Waals surface area (Å²) in [6, 6.07) is 9.44. The molecule has 0 spiro atoms. The number of pyridine rings is 1. The molecule has 5 nitrogen and oxygen atoms in total. The van der Waals surface area contributed by atoms with Crippen LogP contribution in [0.25, 0.3) is 10.9 Å². The standard InChI is InChI=1S/C25H29FN2O3S/c1-4-18-6-8-19(9-7-18)32(30,31)24-16-27(5-2)22-15-23(21(26)14-20(22)25(24)29)28-12-10-17(3)11-13-28/h6-9,14-17H,4-5,10-13H2,1-3H3. The Morgan fingerprint density at radius 1 is 1.06 bits per heavy atom. The number of anilines is 1. The van der Waals surface area contributed by atoms with Crippen LogP contribution in [0.3, 0.4) is 0 Å². The number of sulfone groups is 1. The zero-order valence-corrected chi connectivity index (χ0v) is 19.6. The first-order valence-corrected chi connectivity index (χ1v) is 12.7. The maximum Gasteiger partial charge on any atom is 0.211 e. The second-order valence-electron chi connectivity index (χ2n) is 8.60. The van der Waals surface area contributed by atoms with Crippen molar-refractivity contribution < 1.29 is 12.8 Å². The molecule has 4 rings (SSSR count). The second kappa shape index (κ2) is 8.70. The number of nitrogens with zero attached hydrogens (tertiary/aromatic N) is 2. The summed E-state index contributed by atoms with van der Waals surface area (Å²) in [6.07, 6.45) is 4.17. The van der Waals surface area contributed by atoms with Crippen molar-refractivity contribution in [1.29, 1.82) is 0 Å². The van der Waals surface area contributed by atoms with Crippen LogP contribution < -0.4 is 10.3 Å². The van der Waals surface area contributed by atoms with Gasteiger partial charge in [0.15, 0.2) is 0 Å². The normalized spacial score (nSPS) is 15.4. The largest absolute Gasteiger partial charge is 0.369 e. The van der Waals surface area contributed by atoms with E-state index in [-0.39, 0.29) is 15.2 Å². The Balaban J connectivity index is 1.86. The maximum atomic E-state index is 15.1. The third-order valence-electron chi connectivity index (χ3n) is 6.51. The molecule has 170 valence electrons. The minimum atomic E-state index is -4.03.